The Hall–Kier alpha value is -3.19. The van der Waals surface area contributed by atoms with Crippen molar-refractivity contribution in [1.82, 2.24) is 15.5 Å². The first-order valence-corrected chi connectivity index (χ1v) is 10.4. The first-order valence-electron chi connectivity index (χ1n) is 10.4. The predicted molar refractivity (Wildman–Crippen MR) is 115 cm³/mol. The van der Waals surface area contributed by atoms with Crippen LogP contribution in [0.5, 0.6) is 5.75 Å². The molecule has 1 aromatic heterocycles. The molecular weight excluding hydrogens is 380 g/mol. The standard InChI is InChI=1S/C23H26N4O3/c1-30-17-10-8-16(9-11-17)21(27-12-4-5-13-27)15-24-22(28)14-20-18-6-2-3-7-19(18)23(29)26-25-20/h2-3,6-11,21H,4-5,12-15H2,1H3,(H,24,28)(H,26,29)/p+1/t21-/m0/s1. The highest BCUT2D eigenvalue weighted by Gasteiger charge is 2.28. The molecule has 1 aliphatic rings. The van der Waals surface area contributed by atoms with Gasteiger partial charge in [0.1, 0.15) is 11.8 Å². The van der Waals surface area contributed by atoms with E-state index in [2.05, 4.69) is 27.6 Å². The number of aromatic amines is 1. The van der Waals surface area contributed by atoms with Crippen LogP contribution in [0.3, 0.4) is 0 Å². The number of H-pyrrole nitrogens is 1. The third-order valence-corrected chi connectivity index (χ3v) is 5.86. The minimum Gasteiger partial charge on any atom is -0.497 e. The monoisotopic (exact) mass is 407 g/mol. The van der Waals surface area contributed by atoms with Gasteiger partial charge >= 0.3 is 0 Å². The van der Waals surface area contributed by atoms with Gasteiger partial charge in [0.15, 0.2) is 0 Å². The highest BCUT2D eigenvalue weighted by molar-refractivity contribution is 5.88. The van der Waals surface area contributed by atoms with Gasteiger partial charge in [0, 0.05) is 23.8 Å². The maximum absolute atomic E-state index is 12.7. The van der Waals surface area contributed by atoms with Crippen LogP contribution in [0.25, 0.3) is 10.8 Å². The summed E-state index contributed by atoms with van der Waals surface area (Å²) in [4.78, 5) is 26.2. The molecule has 0 aliphatic carbocycles. The van der Waals surface area contributed by atoms with E-state index in [-0.39, 0.29) is 23.9 Å². The number of rotatable bonds is 7. The number of methoxy groups -OCH3 is 1. The van der Waals surface area contributed by atoms with E-state index in [9.17, 15) is 9.59 Å². The Morgan fingerprint density at radius 2 is 1.83 bits per heavy atom. The molecule has 30 heavy (non-hydrogen) atoms. The molecule has 4 rings (SSSR count). The van der Waals surface area contributed by atoms with Gasteiger partial charge in [0.2, 0.25) is 5.91 Å². The van der Waals surface area contributed by atoms with Crippen molar-refractivity contribution in [2.75, 3.05) is 26.7 Å². The van der Waals surface area contributed by atoms with Crippen LogP contribution in [-0.2, 0) is 11.2 Å². The zero-order valence-electron chi connectivity index (χ0n) is 17.1. The lowest BCUT2D eigenvalue weighted by atomic mass is 10.0. The van der Waals surface area contributed by atoms with Crippen molar-refractivity contribution in [3.63, 3.8) is 0 Å². The van der Waals surface area contributed by atoms with E-state index in [0.29, 0.717) is 23.0 Å². The highest BCUT2D eigenvalue weighted by atomic mass is 16.5. The number of carbonyl (C=O) groups excluding carboxylic acids is 1. The van der Waals surface area contributed by atoms with Crippen molar-refractivity contribution < 1.29 is 14.4 Å². The number of fused-ring (bicyclic) bond motifs is 1. The fraction of sp³-hybridized carbons (Fsp3) is 0.348. The van der Waals surface area contributed by atoms with Crippen molar-refractivity contribution in [2.45, 2.75) is 25.3 Å². The quantitative estimate of drug-likeness (QED) is 0.546. The minimum atomic E-state index is -0.244. The predicted octanol–water partition coefficient (Wildman–Crippen LogP) is 1.01. The van der Waals surface area contributed by atoms with Crippen LogP contribution in [0, 0.1) is 0 Å². The number of amides is 1. The molecule has 1 atom stereocenters. The molecule has 0 bridgehead atoms. The topological polar surface area (TPSA) is 88.5 Å². The smallest absolute Gasteiger partial charge is 0.272 e. The number of hydrogen-bond acceptors (Lipinski definition) is 4. The van der Waals surface area contributed by atoms with Crippen molar-refractivity contribution in [1.29, 1.82) is 0 Å². The first-order chi connectivity index (χ1) is 14.7. The van der Waals surface area contributed by atoms with Crippen LogP contribution in [0.4, 0.5) is 0 Å². The summed E-state index contributed by atoms with van der Waals surface area (Å²) in [6.07, 6.45) is 2.55. The van der Waals surface area contributed by atoms with Crippen LogP contribution in [0.15, 0.2) is 53.3 Å². The second-order valence-corrected chi connectivity index (χ2v) is 7.72. The van der Waals surface area contributed by atoms with E-state index in [1.54, 1.807) is 19.2 Å². The molecule has 7 nitrogen and oxygen atoms in total. The van der Waals surface area contributed by atoms with Crippen LogP contribution in [-0.4, -0.2) is 42.8 Å². The highest BCUT2D eigenvalue weighted by Crippen LogP contribution is 2.17. The number of likely N-dealkylation sites (tertiary alicyclic amines) is 1. The Morgan fingerprint density at radius 1 is 1.13 bits per heavy atom. The van der Waals surface area contributed by atoms with Crippen molar-refractivity contribution in [2.24, 2.45) is 0 Å². The average Bonchev–Trinajstić information content (AvgIpc) is 3.31. The molecule has 0 unspecified atom stereocenters. The molecule has 1 aliphatic heterocycles. The number of carbonyl (C=O) groups is 1. The summed E-state index contributed by atoms with van der Waals surface area (Å²) >= 11 is 0. The van der Waals surface area contributed by atoms with Crippen LogP contribution >= 0.6 is 0 Å². The van der Waals surface area contributed by atoms with E-state index in [0.717, 1.165) is 18.8 Å². The maximum atomic E-state index is 12.7. The zero-order valence-corrected chi connectivity index (χ0v) is 17.1. The Balaban J connectivity index is 1.47. The number of benzene rings is 2. The van der Waals surface area contributed by atoms with Crippen molar-refractivity contribution in [3.05, 3.63) is 70.1 Å². The van der Waals surface area contributed by atoms with Gasteiger partial charge in [-0.3, -0.25) is 9.59 Å². The fourth-order valence-electron chi connectivity index (χ4n) is 4.25. The molecule has 1 amide bonds. The molecule has 1 fully saturated rings. The molecule has 1 saturated heterocycles. The van der Waals surface area contributed by atoms with Gasteiger partial charge < -0.3 is 15.0 Å². The first kappa shape index (κ1) is 20.1. The summed E-state index contributed by atoms with van der Waals surface area (Å²) in [5.41, 5.74) is 1.53. The second-order valence-electron chi connectivity index (χ2n) is 7.72. The number of quaternary nitrogens is 1. The number of nitrogens with one attached hydrogen (secondary N) is 3. The minimum absolute atomic E-state index is 0.100. The summed E-state index contributed by atoms with van der Waals surface area (Å²) < 4.78 is 5.27. The second kappa shape index (κ2) is 9.09. The average molecular weight is 407 g/mol. The zero-order chi connectivity index (χ0) is 20.9. The number of ether oxygens (including phenoxy) is 1. The van der Waals surface area contributed by atoms with Crippen molar-refractivity contribution >= 4 is 16.7 Å². The summed E-state index contributed by atoms with van der Waals surface area (Å²) in [5.74, 6) is 0.728. The normalized spacial score (nSPS) is 15.2. The third kappa shape index (κ3) is 4.36. The Bertz CT molecular complexity index is 1070. The summed E-state index contributed by atoms with van der Waals surface area (Å²) in [5, 5.41) is 11.0. The lowest BCUT2D eigenvalue weighted by molar-refractivity contribution is -0.918. The lowest BCUT2D eigenvalue weighted by Gasteiger charge is -2.25. The molecular formula is C23H27N4O3+. The maximum Gasteiger partial charge on any atom is 0.272 e. The SMILES string of the molecule is COc1ccc([C@H](CNC(=O)Cc2n[nH]c(=O)c3ccccc23)[NH+]2CCCC2)cc1. The van der Waals surface area contributed by atoms with Gasteiger partial charge in [0.05, 0.1) is 44.2 Å². The van der Waals surface area contributed by atoms with Crippen molar-refractivity contribution in [3.8, 4) is 5.75 Å². The number of hydrogen-bond donors (Lipinski definition) is 3. The Kier molecular flexibility index (Phi) is 6.09. The van der Waals surface area contributed by atoms with Gasteiger partial charge in [-0.25, -0.2) is 5.10 Å². The molecule has 156 valence electrons. The Morgan fingerprint density at radius 3 is 2.53 bits per heavy atom. The molecule has 0 spiro atoms. The van der Waals surface area contributed by atoms with E-state index in [1.807, 2.05) is 24.3 Å². The molecule has 0 radical (unpaired) electrons. The van der Waals surface area contributed by atoms with Gasteiger partial charge in [0.25, 0.3) is 5.56 Å². The van der Waals surface area contributed by atoms with Crippen LogP contribution in [0.2, 0.25) is 0 Å². The van der Waals surface area contributed by atoms with Gasteiger partial charge in [-0.2, -0.15) is 5.10 Å². The van der Waals surface area contributed by atoms with E-state index >= 15 is 0 Å². The van der Waals surface area contributed by atoms with Gasteiger partial charge in [-0.1, -0.05) is 18.2 Å². The van der Waals surface area contributed by atoms with Crippen LogP contribution in [0.1, 0.15) is 30.1 Å². The number of nitrogens with zero attached hydrogens (tertiary/aromatic N) is 1. The van der Waals surface area contributed by atoms with Crippen LogP contribution < -0.4 is 20.5 Å². The fourth-order valence-corrected chi connectivity index (χ4v) is 4.25. The summed E-state index contributed by atoms with van der Waals surface area (Å²) in [7, 11) is 1.66. The molecule has 3 N–H and O–H groups in total. The summed E-state index contributed by atoms with van der Waals surface area (Å²) in [6.45, 7) is 2.78. The van der Waals surface area contributed by atoms with E-state index in [4.69, 9.17) is 4.74 Å². The Labute approximate surface area is 175 Å². The van der Waals surface area contributed by atoms with E-state index < -0.39 is 0 Å². The molecule has 7 heteroatoms. The molecule has 0 saturated carbocycles. The van der Waals surface area contributed by atoms with Gasteiger partial charge in [-0.15, -0.1) is 0 Å². The van der Waals surface area contributed by atoms with E-state index in [1.165, 1.54) is 23.3 Å². The molecule has 2 aromatic carbocycles. The lowest BCUT2D eigenvalue weighted by Crippen LogP contribution is -3.11. The number of aromatic nitrogens is 2. The van der Waals surface area contributed by atoms with Gasteiger partial charge in [-0.05, 0) is 30.3 Å². The molecule has 2 heterocycles. The molecule has 3 aromatic rings. The third-order valence-electron chi connectivity index (χ3n) is 5.86. The largest absolute Gasteiger partial charge is 0.497 e. The summed E-state index contributed by atoms with van der Waals surface area (Å²) in [6, 6.07) is 15.5.